The van der Waals surface area contributed by atoms with Gasteiger partial charge in [-0.2, -0.15) is 0 Å². The van der Waals surface area contributed by atoms with Crippen molar-refractivity contribution in [3.05, 3.63) is 29.8 Å². The Bertz CT molecular complexity index is 777. The van der Waals surface area contributed by atoms with E-state index in [0.717, 1.165) is 31.9 Å². The molecule has 1 aliphatic carbocycles. The van der Waals surface area contributed by atoms with Crippen molar-refractivity contribution >= 4 is 21.6 Å². The summed E-state index contributed by atoms with van der Waals surface area (Å²) in [5.41, 5.74) is 0.425. The molecule has 0 aromatic heterocycles. The first kappa shape index (κ1) is 19.2. The molecule has 0 spiro atoms. The zero-order valence-corrected chi connectivity index (χ0v) is 16.5. The zero-order valence-electron chi connectivity index (χ0n) is 15.7. The molecular formula is C19H28N2O4S. The molecule has 2 fully saturated rings. The maximum Gasteiger partial charge on any atom is 0.253 e. The second kappa shape index (κ2) is 6.85. The fraction of sp³-hybridized carbons (Fsp3) is 0.632. The minimum absolute atomic E-state index is 0.0496. The summed E-state index contributed by atoms with van der Waals surface area (Å²) >= 11 is 0. The zero-order chi connectivity index (χ0) is 19.1. The molecule has 1 saturated carbocycles. The normalized spacial score (nSPS) is 28.7. The van der Waals surface area contributed by atoms with Crippen molar-refractivity contribution in [1.82, 2.24) is 4.90 Å². The highest BCUT2D eigenvalue weighted by Gasteiger charge is 2.48. The minimum atomic E-state index is -3.32. The summed E-state index contributed by atoms with van der Waals surface area (Å²) in [6.07, 6.45) is 4.77. The number of nitrogens with zero attached hydrogens (tertiary/aromatic N) is 2. The van der Waals surface area contributed by atoms with Gasteiger partial charge in [0.05, 0.1) is 17.5 Å². The number of benzene rings is 1. The van der Waals surface area contributed by atoms with Gasteiger partial charge in [0.25, 0.3) is 5.91 Å². The van der Waals surface area contributed by atoms with E-state index in [9.17, 15) is 18.3 Å². The molecule has 26 heavy (non-hydrogen) atoms. The third-order valence-corrected chi connectivity index (χ3v) is 7.40. The highest BCUT2D eigenvalue weighted by molar-refractivity contribution is 7.92. The molecule has 1 N–H and O–H groups in total. The average molecular weight is 381 g/mol. The Labute approximate surface area is 155 Å². The monoisotopic (exact) mass is 380 g/mol. The molecule has 0 bridgehead atoms. The van der Waals surface area contributed by atoms with Crippen molar-refractivity contribution in [1.29, 1.82) is 0 Å². The molecule has 1 aromatic carbocycles. The van der Waals surface area contributed by atoms with Gasteiger partial charge in [-0.15, -0.1) is 0 Å². The Morgan fingerprint density at radius 2 is 1.96 bits per heavy atom. The number of amides is 1. The van der Waals surface area contributed by atoms with E-state index in [1.54, 1.807) is 24.3 Å². The molecule has 144 valence electrons. The van der Waals surface area contributed by atoms with Crippen LogP contribution in [0.3, 0.4) is 0 Å². The van der Waals surface area contributed by atoms with Crippen LogP contribution in [0.2, 0.25) is 0 Å². The molecule has 1 aliphatic heterocycles. The lowest BCUT2D eigenvalue weighted by molar-refractivity contribution is -0.0609. The summed E-state index contributed by atoms with van der Waals surface area (Å²) in [5, 5.41) is 10.9. The Kier molecular flexibility index (Phi) is 5.05. The van der Waals surface area contributed by atoms with E-state index < -0.39 is 15.6 Å². The minimum Gasteiger partial charge on any atom is -0.390 e. The van der Waals surface area contributed by atoms with Gasteiger partial charge in [0.1, 0.15) is 0 Å². The number of carbonyl (C=O) groups is 1. The molecule has 0 unspecified atom stereocenters. The molecule has 3 atom stereocenters. The highest BCUT2D eigenvalue weighted by atomic mass is 32.2. The van der Waals surface area contributed by atoms with Crippen LogP contribution in [0.15, 0.2) is 24.3 Å². The van der Waals surface area contributed by atoms with E-state index in [1.165, 1.54) is 11.4 Å². The van der Waals surface area contributed by atoms with Crippen molar-refractivity contribution < 1.29 is 18.3 Å². The summed E-state index contributed by atoms with van der Waals surface area (Å²) in [4.78, 5) is 14.7. The van der Waals surface area contributed by atoms with Crippen molar-refractivity contribution in [3.8, 4) is 0 Å². The van der Waals surface area contributed by atoms with Crippen molar-refractivity contribution in [2.45, 2.75) is 38.2 Å². The van der Waals surface area contributed by atoms with Crippen molar-refractivity contribution in [3.63, 3.8) is 0 Å². The van der Waals surface area contributed by atoms with Gasteiger partial charge in [0, 0.05) is 31.6 Å². The van der Waals surface area contributed by atoms with E-state index in [4.69, 9.17) is 0 Å². The number of rotatable bonds is 4. The highest BCUT2D eigenvalue weighted by Crippen LogP contribution is 2.44. The van der Waals surface area contributed by atoms with Crippen LogP contribution in [-0.2, 0) is 10.0 Å². The molecular weight excluding hydrogens is 352 g/mol. The van der Waals surface area contributed by atoms with Gasteiger partial charge in [-0.25, -0.2) is 8.42 Å². The summed E-state index contributed by atoms with van der Waals surface area (Å²) in [5.74, 6) is 0.473. The van der Waals surface area contributed by atoms with Crippen molar-refractivity contribution in [2.75, 3.05) is 30.7 Å². The predicted molar refractivity (Wildman–Crippen MR) is 102 cm³/mol. The number of sulfonamides is 1. The van der Waals surface area contributed by atoms with Gasteiger partial charge >= 0.3 is 0 Å². The first-order valence-electron chi connectivity index (χ1n) is 9.21. The number of aliphatic hydroxyl groups is 1. The second-order valence-electron chi connectivity index (χ2n) is 7.70. The van der Waals surface area contributed by atoms with Gasteiger partial charge in [0.2, 0.25) is 10.0 Å². The first-order chi connectivity index (χ1) is 12.2. The lowest BCUT2D eigenvalue weighted by Crippen LogP contribution is -2.44. The predicted octanol–water partition coefficient (Wildman–Crippen LogP) is 2.10. The summed E-state index contributed by atoms with van der Waals surface area (Å²) < 4.78 is 24.4. The van der Waals surface area contributed by atoms with Gasteiger partial charge in [-0.3, -0.25) is 9.10 Å². The SMILES string of the molecule is CC[C@]1(O)CCC[C@H]2CN(C(=O)c3ccc(N(C)S(C)(=O)=O)cc3)C[C@H]21. The molecule has 0 radical (unpaired) electrons. The largest absolute Gasteiger partial charge is 0.390 e. The Balaban J connectivity index is 1.74. The summed E-state index contributed by atoms with van der Waals surface area (Å²) in [6, 6.07) is 6.65. The van der Waals surface area contributed by atoms with Gasteiger partial charge in [-0.05, 0) is 49.4 Å². The van der Waals surface area contributed by atoms with Crippen LogP contribution in [0, 0.1) is 11.8 Å². The maximum atomic E-state index is 12.9. The molecule has 7 heteroatoms. The van der Waals surface area contributed by atoms with E-state index >= 15 is 0 Å². The van der Waals surface area contributed by atoms with Gasteiger partial charge in [-0.1, -0.05) is 13.3 Å². The molecule has 6 nitrogen and oxygen atoms in total. The molecule has 2 aliphatic rings. The number of fused-ring (bicyclic) bond motifs is 1. The number of carbonyl (C=O) groups excluding carboxylic acids is 1. The fourth-order valence-corrected chi connectivity index (χ4v) is 4.93. The van der Waals surface area contributed by atoms with Crippen LogP contribution in [0.5, 0.6) is 0 Å². The van der Waals surface area contributed by atoms with E-state index in [0.29, 0.717) is 30.3 Å². The van der Waals surface area contributed by atoms with Crippen LogP contribution in [0.1, 0.15) is 43.0 Å². The quantitative estimate of drug-likeness (QED) is 0.868. The Morgan fingerprint density at radius 1 is 1.31 bits per heavy atom. The molecule has 1 aromatic rings. The number of hydrogen-bond acceptors (Lipinski definition) is 4. The summed E-state index contributed by atoms with van der Waals surface area (Å²) in [6.45, 7) is 3.31. The standard InChI is InChI=1S/C19H28N2O4S/c1-4-19(23)11-5-6-15-12-21(13-17(15)19)18(22)14-7-9-16(10-8-14)20(2)26(3,24)25/h7-10,15,17,23H,4-6,11-13H2,1-3H3/t15-,17+,19-/m0/s1. The molecule has 1 saturated heterocycles. The third-order valence-electron chi connectivity index (χ3n) is 6.19. The third kappa shape index (κ3) is 3.47. The first-order valence-corrected chi connectivity index (χ1v) is 11.1. The van der Waals surface area contributed by atoms with Crippen LogP contribution >= 0.6 is 0 Å². The average Bonchev–Trinajstić information content (AvgIpc) is 3.06. The van der Waals surface area contributed by atoms with Crippen LogP contribution in [0.25, 0.3) is 0 Å². The number of anilines is 1. The maximum absolute atomic E-state index is 12.9. The van der Waals surface area contributed by atoms with E-state index in [2.05, 4.69) is 0 Å². The van der Waals surface area contributed by atoms with Crippen LogP contribution < -0.4 is 4.31 Å². The van der Waals surface area contributed by atoms with Crippen molar-refractivity contribution in [2.24, 2.45) is 11.8 Å². The molecule has 1 heterocycles. The van der Waals surface area contributed by atoms with E-state index in [1.807, 2.05) is 11.8 Å². The van der Waals surface area contributed by atoms with E-state index in [-0.39, 0.29) is 11.8 Å². The number of hydrogen-bond donors (Lipinski definition) is 1. The second-order valence-corrected chi connectivity index (χ2v) is 9.72. The fourth-order valence-electron chi connectivity index (χ4n) is 4.42. The van der Waals surface area contributed by atoms with Gasteiger partial charge < -0.3 is 10.0 Å². The topological polar surface area (TPSA) is 77.9 Å². The lowest BCUT2D eigenvalue weighted by atomic mass is 9.69. The summed E-state index contributed by atoms with van der Waals surface area (Å²) in [7, 11) is -1.84. The molecule has 3 rings (SSSR count). The van der Waals surface area contributed by atoms with Crippen LogP contribution in [0.4, 0.5) is 5.69 Å². The number of likely N-dealkylation sites (tertiary alicyclic amines) is 1. The Hall–Kier alpha value is -1.60. The lowest BCUT2D eigenvalue weighted by Gasteiger charge is -2.40. The molecule has 1 amide bonds. The Morgan fingerprint density at radius 3 is 2.54 bits per heavy atom. The van der Waals surface area contributed by atoms with Gasteiger partial charge in [0.15, 0.2) is 0 Å². The van der Waals surface area contributed by atoms with Crippen LogP contribution in [-0.4, -0.2) is 56.3 Å². The smallest absolute Gasteiger partial charge is 0.253 e.